The number of nitrogens with zero attached hydrogens (tertiary/aromatic N) is 2. The second-order valence-corrected chi connectivity index (χ2v) is 5.73. The van der Waals surface area contributed by atoms with Gasteiger partial charge in [0.15, 0.2) is 0 Å². The molecule has 24 heavy (non-hydrogen) atoms. The maximum atomic E-state index is 5.67. The zero-order valence-corrected chi connectivity index (χ0v) is 14.9. The Morgan fingerprint density at radius 1 is 1.12 bits per heavy atom. The Morgan fingerprint density at radius 3 is 2.62 bits per heavy atom. The fraction of sp³-hybridized carbons (Fsp3) is 0.263. The van der Waals surface area contributed by atoms with Gasteiger partial charge in [0.05, 0.1) is 5.71 Å². The quantitative estimate of drug-likeness (QED) is 0.431. The van der Waals surface area contributed by atoms with Crippen molar-refractivity contribution in [2.75, 3.05) is 7.05 Å². The minimum absolute atomic E-state index is 0. The molecule has 126 valence electrons. The first-order chi connectivity index (χ1) is 11.2. The molecule has 3 N–H and O–H groups in total. The molecule has 0 bridgehead atoms. The molecular formula is C19H23ClN4. The molecule has 0 aliphatic heterocycles. The Bertz CT molecular complexity index is 781. The van der Waals surface area contributed by atoms with Gasteiger partial charge in [-0.2, -0.15) is 5.10 Å². The van der Waals surface area contributed by atoms with E-state index in [1.807, 2.05) is 0 Å². The summed E-state index contributed by atoms with van der Waals surface area (Å²) in [6.45, 7) is 2.15. The van der Waals surface area contributed by atoms with Gasteiger partial charge in [-0.1, -0.05) is 49.7 Å². The minimum Gasteiger partial charge on any atom is -0.369 e. The van der Waals surface area contributed by atoms with Crippen LogP contribution in [0.25, 0.3) is 11.1 Å². The lowest BCUT2D eigenvalue weighted by atomic mass is 9.99. The topological polar surface area (TPSA) is 62.8 Å². The zero-order chi connectivity index (χ0) is 16.2. The number of hydrogen-bond donors (Lipinski definition) is 2. The molecule has 0 amide bonds. The van der Waals surface area contributed by atoms with Gasteiger partial charge in [0.25, 0.3) is 0 Å². The van der Waals surface area contributed by atoms with Crippen molar-refractivity contribution < 1.29 is 0 Å². The maximum absolute atomic E-state index is 5.67. The molecule has 2 aromatic carbocycles. The van der Waals surface area contributed by atoms with Crippen LogP contribution in [-0.2, 0) is 6.42 Å². The number of hydrogen-bond acceptors (Lipinski definition) is 2. The summed E-state index contributed by atoms with van der Waals surface area (Å²) in [5.74, 6) is 0.326. The average molecular weight is 343 g/mol. The van der Waals surface area contributed by atoms with Crippen molar-refractivity contribution in [1.82, 2.24) is 5.43 Å². The van der Waals surface area contributed by atoms with Gasteiger partial charge in [0.2, 0.25) is 5.96 Å². The molecule has 0 radical (unpaired) electrons. The number of aliphatic imine (C=N–C) groups is 1. The standard InChI is InChI=1S/C19H22N4.ClH/c1-3-6-18(22-23-19(20)21-2)14-9-10-17-15(12-14)11-13-7-4-5-8-16(13)17;/h4-5,7-10,12H,3,6,11H2,1-2H3,(H3,20,21,23);1H/b22-18+;. The summed E-state index contributed by atoms with van der Waals surface area (Å²) in [5.41, 5.74) is 16.1. The van der Waals surface area contributed by atoms with Gasteiger partial charge in [0.1, 0.15) is 0 Å². The number of guanidine groups is 1. The SMILES string of the molecule is CCC/C(=N\NC(N)=NC)c1ccc2c(c1)Cc1ccccc1-2.Cl. The van der Waals surface area contributed by atoms with E-state index in [2.05, 4.69) is 64.9 Å². The van der Waals surface area contributed by atoms with E-state index in [-0.39, 0.29) is 12.4 Å². The molecule has 4 nitrogen and oxygen atoms in total. The predicted molar refractivity (Wildman–Crippen MR) is 104 cm³/mol. The Balaban J connectivity index is 0.00000208. The van der Waals surface area contributed by atoms with Crippen LogP contribution in [0, 0.1) is 0 Å². The fourth-order valence-electron chi connectivity index (χ4n) is 3.00. The highest BCUT2D eigenvalue weighted by molar-refractivity contribution is 6.02. The molecule has 0 spiro atoms. The van der Waals surface area contributed by atoms with E-state index in [4.69, 9.17) is 5.73 Å². The number of rotatable bonds is 4. The molecule has 0 atom stereocenters. The van der Waals surface area contributed by atoms with E-state index >= 15 is 0 Å². The monoisotopic (exact) mass is 342 g/mol. The summed E-state index contributed by atoms with van der Waals surface area (Å²) in [5, 5.41) is 4.44. The first-order valence-electron chi connectivity index (χ1n) is 7.99. The van der Waals surface area contributed by atoms with Gasteiger partial charge in [-0.25, -0.2) is 5.43 Å². The summed E-state index contributed by atoms with van der Waals surface area (Å²) in [6, 6.07) is 15.2. The summed E-state index contributed by atoms with van der Waals surface area (Å²) < 4.78 is 0. The largest absolute Gasteiger partial charge is 0.369 e. The maximum Gasteiger partial charge on any atom is 0.209 e. The molecule has 0 saturated heterocycles. The Morgan fingerprint density at radius 2 is 1.88 bits per heavy atom. The van der Waals surface area contributed by atoms with E-state index in [1.54, 1.807) is 7.05 Å². The molecule has 2 aromatic rings. The number of nitrogens with two attached hydrogens (primary N) is 1. The third kappa shape index (κ3) is 3.60. The van der Waals surface area contributed by atoms with Crippen molar-refractivity contribution in [2.45, 2.75) is 26.2 Å². The van der Waals surface area contributed by atoms with Crippen molar-refractivity contribution in [3.8, 4) is 11.1 Å². The molecule has 0 aromatic heterocycles. The van der Waals surface area contributed by atoms with Crippen LogP contribution in [-0.4, -0.2) is 18.7 Å². The highest BCUT2D eigenvalue weighted by Gasteiger charge is 2.18. The third-order valence-corrected chi connectivity index (χ3v) is 4.16. The van der Waals surface area contributed by atoms with E-state index in [1.165, 1.54) is 22.3 Å². The molecule has 0 saturated carbocycles. The predicted octanol–water partition coefficient (Wildman–Crippen LogP) is 3.72. The van der Waals surface area contributed by atoms with Crippen molar-refractivity contribution in [3.05, 3.63) is 59.2 Å². The highest BCUT2D eigenvalue weighted by atomic mass is 35.5. The molecule has 1 aliphatic carbocycles. The number of hydrazone groups is 1. The van der Waals surface area contributed by atoms with Gasteiger partial charge >= 0.3 is 0 Å². The van der Waals surface area contributed by atoms with Gasteiger partial charge in [-0.15, -0.1) is 12.4 Å². The molecule has 0 fully saturated rings. The molecule has 1 aliphatic rings. The van der Waals surface area contributed by atoms with Crippen LogP contribution in [0.2, 0.25) is 0 Å². The first kappa shape index (κ1) is 18.0. The van der Waals surface area contributed by atoms with Crippen molar-refractivity contribution in [3.63, 3.8) is 0 Å². The second-order valence-electron chi connectivity index (χ2n) is 5.73. The lowest BCUT2D eigenvalue weighted by Gasteiger charge is -2.09. The summed E-state index contributed by atoms with van der Waals surface area (Å²) in [4.78, 5) is 3.88. The van der Waals surface area contributed by atoms with E-state index in [0.717, 1.165) is 30.5 Å². The van der Waals surface area contributed by atoms with Gasteiger partial charge in [-0.05, 0) is 46.7 Å². The van der Waals surface area contributed by atoms with E-state index in [0.29, 0.717) is 5.96 Å². The van der Waals surface area contributed by atoms with Crippen molar-refractivity contribution >= 4 is 24.1 Å². The number of fused-ring (bicyclic) bond motifs is 3. The van der Waals surface area contributed by atoms with Crippen LogP contribution in [0.4, 0.5) is 0 Å². The number of nitrogens with one attached hydrogen (secondary N) is 1. The summed E-state index contributed by atoms with van der Waals surface area (Å²) >= 11 is 0. The molecule has 3 rings (SSSR count). The normalized spacial score (nSPS) is 13.1. The van der Waals surface area contributed by atoms with Gasteiger partial charge in [-0.3, -0.25) is 4.99 Å². The second kappa shape index (κ2) is 7.97. The molecule has 0 heterocycles. The fourth-order valence-corrected chi connectivity index (χ4v) is 3.00. The first-order valence-corrected chi connectivity index (χ1v) is 7.99. The summed E-state index contributed by atoms with van der Waals surface area (Å²) in [7, 11) is 1.64. The van der Waals surface area contributed by atoms with E-state index in [9.17, 15) is 0 Å². The van der Waals surface area contributed by atoms with Crippen molar-refractivity contribution in [1.29, 1.82) is 0 Å². The average Bonchev–Trinajstić information content (AvgIpc) is 2.95. The number of benzene rings is 2. The third-order valence-electron chi connectivity index (χ3n) is 4.16. The number of halogens is 1. The van der Waals surface area contributed by atoms with Crippen LogP contribution in [0.3, 0.4) is 0 Å². The molecule has 5 heteroatoms. The molecular weight excluding hydrogens is 320 g/mol. The van der Waals surface area contributed by atoms with Crippen LogP contribution < -0.4 is 11.2 Å². The Kier molecular flexibility index (Phi) is 5.99. The minimum atomic E-state index is 0. The van der Waals surface area contributed by atoms with Gasteiger partial charge in [0, 0.05) is 7.05 Å². The van der Waals surface area contributed by atoms with Gasteiger partial charge < -0.3 is 5.73 Å². The Labute approximate surface area is 149 Å². The Hall–Kier alpha value is -2.33. The summed E-state index contributed by atoms with van der Waals surface area (Å²) in [6.07, 6.45) is 2.92. The van der Waals surface area contributed by atoms with Crippen LogP contribution in [0.1, 0.15) is 36.5 Å². The van der Waals surface area contributed by atoms with Crippen molar-refractivity contribution in [2.24, 2.45) is 15.8 Å². The lowest BCUT2D eigenvalue weighted by Crippen LogP contribution is -2.28. The smallest absolute Gasteiger partial charge is 0.209 e. The molecule has 0 unspecified atom stereocenters. The van der Waals surface area contributed by atoms with E-state index < -0.39 is 0 Å². The van der Waals surface area contributed by atoms with Crippen LogP contribution >= 0.6 is 12.4 Å². The lowest BCUT2D eigenvalue weighted by molar-refractivity contribution is 0.940. The zero-order valence-electron chi connectivity index (χ0n) is 14.0. The highest BCUT2D eigenvalue weighted by Crippen LogP contribution is 2.36. The van der Waals surface area contributed by atoms with Crippen LogP contribution in [0.15, 0.2) is 52.6 Å². The van der Waals surface area contributed by atoms with Crippen LogP contribution in [0.5, 0.6) is 0 Å².